The molecule has 2 rings (SSSR count). The van der Waals surface area contributed by atoms with E-state index in [0.717, 1.165) is 43.1 Å². The van der Waals surface area contributed by atoms with Gasteiger partial charge in [0.2, 0.25) is 0 Å². The molecule has 0 bridgehead atoms. The fourth-order valence-corrected chi connectivity index (χ4v) is 2.69. The number of aldehydes is 1. The van der Waals surface area contributed by atoms with E-state index in [9.17, 15) is 4.79 Å². The number of carbonyl (C=O) groups excluding carboxylic acids is 1. The molecule has 1 aromatic heterocycles. The number of likely N-dealkylation sites (N-methyl/N-ethyl adjacent to an activating group) is 1. The third-order valence-corrected chi connectivity index (χ3v) is 3.95. The molecule has 1 unspecified atom stereocenters. The Labute approximate surface area is 99.2 Å². The number of ether oxygens (including phenoxy) is 1. The van der Waals surface area contributed by atoms with Gasteiger partial charge in [-0.2, -0.15) is 0 Å². The van der Waals surface area contributed by atoms with Crippen molar-refractivity contribution in [3.8, 4) is 0 Å². The van der Waals surface area contributed by atoms with Crippen LogP contribution in [0.25, 0.3) is 0 Å². The minimum absolute atomic E-state index is 0.314. The lowest BCUT2D eigenvalue weighted by Crippen LogP contribution is -2.28. The summed E-state index contributed by atoms with van der Waals surface area (Å²) < 4.78 is 5.57. The molecule has 5 heteroatoms. The molecule has 0 spiro atoms. The predicted octanol–water partition coefficient (Wildman–Crippen LogP) is 1.88. The highest BCUT2D eigenvalue weighted by Gasteiger charge is 2.19. The van der Waals surface area contributed by atoms with E-state index >= 15 is 0 Å². The second-order valence-electron chi connectivity index (χ2n) is 4.08. The van der Waals surface area contributed by atoms with Gasteiger partial charge in [0.25, 0.3) is 0 Å². The second kappa shape index (κ2) is 4.93. The largest absolute Gasteiger partial charge is 0.376 e. The Morgan fingerprint density at radius 3 is 3.06 bits per heavy atom. The molecule has 0 amide bonds. The molecule has 0 aliphatic carbocycles. The van der Waals surface area contributed by atoms with Gasteiger partial charge in [0.1, 0.15) is 0 Å². The SMILES string of the molecule is Cc1nc(N(C)CC2CCCO2)sc1C=O. The molecule has 1 saturated heterocycles. The molecule has 1 fully saturated rings. The number of aromatic nitrogens is 1. The molecule has 1 aromatic rings. The Kier molecular flexibility index (Phi) is 3.56. The van der Waals surface area contributed by atoms with Crippen molar-refractivity contribution in [3.63, 3.8) is 0 Å². The molecular weight excluding hydrogens is 224 g/mol. The molecule has 0 N–H and O–H groups in total. The number of hydrogen-bond acceptors (Lipinski definition) is 5. The zero-order valence-corrected chi connectivity index (χ0v) is 10.4. The summed E-state index contributed by atoms with van der Waals surface area (Å²) >= 11 is 1.44. The zero-order chi connectivity index (χ0) is 11.5. The smallest absolute Gasteiger partial charge is 0.186 e. The van der Waals surface area contributed by atoms with Gasteiger partial charge in [0.15, 0.2) is 11.4 Å². The maximum atomic E-state index is 10.7. The summed E-state index contributed by atoms with van der Waals surface area (Å²) in [6.07, 6.45) is 3.45. The number of nitrogens with zero attached hydrogens (tertiary/aromatic N) is 2. The average Bonchev–Trinajstić information content (AvgIpc) is 2.87. The molecule has 0 radical (unpaired) electrons. The van der Waals surface area contributed by atoms with Gasteiger partial charge in [-0.05, 0) is 19.8 Å². The summed E-state index contributed by atoms with van der Waals surface area (Å²) in [4.78, 5) is 17.9. The van der Waals surface area contributed by atoms with Crippen molar-refractivity contribution in [1.29, 1.82) is 0 Å². The van der Waals surface area contributed by atoms with Crippen molar-refractivity contribution in [3.05, 3.63) is 10.6 Å². The van der Waals surface area contributed by atoms with Crippen molar-refractivity contribution in [2.45, 2.75) is 25.9 Å². The average molecular weight is 240 g/mol. The van der Waals surface area contributed by atoms with E-state index in [1.807, 2.05) is 14.0 Å². The minimum atomic E-state index is 0.314. The Bertz CT molecular complexity index is 372. The van der Waals surface area contributed by atoms with Gasteiger partial charge in [0, 0.05) is 20.2 Å². The quantitative estimate of drug-likeness (QED) is 0.754. The number of anilines is 1. The first kappa shape index (κ1) is 11.5. The van der Waals surface area contributed by atoms with Gasteiger partial charge < -0.3 is 9.64 Å². The lowest BCUT2D eigenvalue weighted by Gasteiger charge is -2.19. The Morgan fingerprint density at radius 2 is 2.50 bits per heavy atom. The van der Waals surface area contributed by atoms with Crippen LogP contribution >= 0.6 is 11.3 Å². The lowest BCUT2D eigenvalue weighted by atomic mass is 10.2. The zero-order valence-electron chi connectivity index (χ0n) is 9.60. The van der Waals surface area contributed by atoms with Gasteiger partial charge in [-0.3, -0.25) is 4.79 Å². The molecule has 1 aliphatic heterocycles. The number of carbonyl (C=O) groups is 1. The molecule has 0 aromatic carbocycles. The van der Waals surface area contributed by atoms with Gasteiger partial charge in [-0.15, -0.1) is 0 Å². The van der Waals surface area contributed by atoms with Crippen LogP contribution < -0.4 is 4.90 Å². The molecule has 2 heterocycles. The van der Waals surface area contributed by atoms with Crippen LogP contribution in [-0.4, -0.2) is 37.6 Å². The summed E-state index contributed by atoms with van der Waals surface area (Å²) in [5.41, 5.74) is 0.814. The van der Waals surface area contributed by atoms with E-state index in [1.54, 1.807) is 0 Å². The van der Waals surface area contributed by atoms with Crippen LogP contribution in [0.3, 0.4) is 0 Å². The number of aryl methyl sites for hydroxylation is 1. The maximum Gasteiger partial charge on any atom is 0.186 e. The van der Waals surface area contributed by atoms with E-state index in [1.165, 1.54) is 11.3 Å². The van der Waals surface area contributed by atoms with Crippen molar-refractivity contribution < 1.29 is 9.53 Å². The Balaban J connectivity index is 2.01. The first-order valence-corrected chi connectivity index (χ1v) is 6.27. The summed E-state index contributed by atoms with van der Waals surface area (Å²) in [7, 11) is 1.99. The highest BCUT2D eigenvalue weighted by Crippen LogP contribution is 2.25. The summed E-state index contributed by atoms with van der Waals surface area (Å²) in [5, 5.41) is 0.898. The molecule has 16 heavy (non-hydrogen) atoms. The van der Waals surface area contributed by atoms with Crippen molar-refractivity contribution in [1.82, 2.24) is 4.98 Å². The van der Waals surface area contributed by atoms with Crippen molar-refractivity contribution in [2.75, 3.05) is 25.1 Å². The van der Waals surface area contributed by atoms with Crippen LogP contribution in [0.5, 0.6) is 0 Å². The summed E-state index contributed by atoms with van der Waals surface area (Å²) in [6, 6.07) is 0. The topological polar surface area (TPSA) is 42.4 Å². The summed E-state index contributed by atoms with van der Waals surface area (Å²) in [6.45, 7) is 3.59. The number of rotatable bonds is 4. The van der Waals surface area contributed by atoms with E-state index in [-0.39, 0.29) is 0 Å². The standard InChI is InChI=1S/C11H16N2O2S/c1-8-10(7-14)16-11(12-8)13(2)6-9-4-3-5-15-9/h7,9H,3-6H2,1-2H3. The maximum absolute atomic E-state index is 10.7. The molecule has 4 nitrogen and oxygen atoms in total. The highest BCUT2D eigenvalue weighted by atomic mass is 32.1. The van der Waals surface area contributed by atoms with E-state index in [2.05, 4.69) is 9.88 Å². The molecule has 1 aliphatic rings. The van der Waals surface area contributed by atoms with Crippen LogP contribution in [0, 0.1) is 6.92 Å². The number of thiazole rings is 1. The van der Waals surface area contributed by atoms with Crippen LogP contribution in [-0.2, 0) is 4.74 Å². The molecule has 0 saturated carbocycles. The lowest BCUT2D eigenvalue weighted by molar-refractivity contribution is 0.112. The molecular formula is C11H16N2O2S. The van der Waals surface area contributed by atoms with Gasteiger partial charge in [-0.25, -0.2) is 4.98 Å². The Hall–Kier alpha value is -0.940. The second-order valence-corrected chi connectivity index (χ2v) is 5.09. The van der Waals surface area contributed by atoms with Gasteiger partial charge in [0.05, 0.1) is 16.7 Å². The van der Waals surface area contributed by atoms with E-state index in [0.29, 0.717) is 11.0 Å². The van der Waals surface area contributed by atoms with Gasteiger partial charge >= 0.3 is 0 Å². The first-order chi connectivity index (χ1) is 7.70. The van der Waals surface area contributed by atoms with Crippen molar-refractivity contribution >= 4 is 22.8 Å². The number of hydrogen-bond donors (Lipinski definition) is 0. The summed E-state index contributed by atoms with van der Waals surface area (Å²) in [5.74, 6) is 0. The Morgan fingerprint density at radius 1 is 1.69 bits per heavy atom. The monoisotopic (exact) mass is 240 g/mol. The fraction of sp³-hybridized carbons (Fsp3) is 0.636. The minimum Gasteiger partial charge on any atom is -0.376 e. The molecule has 1 atom stereocenters. The normalized spacial score (nSPS) is 20.0. The predicted molar refractivity (Wildman–Crippen MR) is 64.5 cm³/mol. The van der Waals surface area contributed by atoms with E-state index < -0.39 is 0 Å². The third kappa shape index (κ3) is 2.41. The van der Waals surface area contributed by atoms with Crippen LogP contribution in [0.2, 0.25) is 0 Å². The van der Waals surface area contributed by atoms with Gasteiger partial charge in [-0.1, -0.05) is 11.3 Å². The highest BCUT2D eigenvalue weighted by molar-refractivity contribution is 7.17. The van der Waals surface area contributed by atoms with Crippen LogP contribution in [0.1, 0.15) is 28.2 Å². The van der Waals surface area contributed by atoms with Crippen LogP contribution in [0.4, 0.5) is 5.13 Å². The van der Waals surface area contributed by atoms with Crippen molar-refractivity contribution in [2.24, 2.45) is 0 Å². The molecule has 88 valence electrons. The third-order valence-electron chi connectivity index (χ3n) is 2.76. The van der Waals surface area contributed by atoms with Crippen LogP contribution in [0.15, 0.2) is 0 Å². The first-order valence-electron chi connectivity index (χ1n) is 5.46. The van der Waals surface area contributed by atoms with E-state index in [4.69, 9.17) is 4.74 Å². The fourth-order valence-electron chi connectivity index (χ4n) is 1.84.